The Hall–Kier alpha value is -4.20. The van der Waals surface area contributed by atoms with E-state index in [1.165, 1.54) is 31.2 Å². The number of carbonyl (C=O) groups excluding carboxylic acids is 1. The lowest BCUT2D eigenvalue weighted by Gasteiger charge is -2.19. The molecule has 0 fully saturated rings. The lowest BCUT2D eigenvalue weighted by Crippen LogP contribution is -2.25. The van der Waals surface area contributed by atoms with Crippen LogP contribution < -0.4 is 4.90 Å². The normalized spacial score (nSPS) is 10.3. The Morgan fingerprint density at radius 1 is 1.00 bits per heavy atom. The highest BCUT2D eigenvalue weighted by atomic mass is 19.1. The van der Waals surface area contributed by atoms with Gasteiger partial charge in [-0.1, -0.05) is 13.0 Å². The number of benzene rings is 2. The molecule has 0 spiro atoms. The molecule has 2 heterocycles. The van der Waals surface area contributed by atoms with Gasteiger partial charge >= 0.3 is 0 Å². The van der Waals surface area contributed by atoms with Crippen molar-refractivity contribution in [3.63, 3.8) is 0 Å². The number of hydrogen-bond donors (Lipinski definition) is 0. The van der Waals surface area contributed by atoms with E-state index in [0.717, 1.165) is 36.6 Å². The van der Waals surface area contributed by atoms with Crippen LogP contribution in [0, 0.1) is 11.6 Å². The number of halogens is 2. The molecule has 0 atom stereocenters. The molecule has 0 saturated heterocycles. The van der Waals surface area contributed by atoms with Gasteiger partial charge in [0.2, 0.25) is 5.95 Å². The molecule has 0 unspecified atom stereocenters. The maximum Gasteiger partial charge on any atom is 0.225 e. The second-order valence-corrected chi connectivity index (χ2v) is 8.07. The molecule has 36 heavy (non-hydrogen) atoms. The van der Waals surface area contributed by atoms with Crippen molar-refractivity contribution in [2.45, 2.75) is 26.8 Å². The molecule has 0 bridgehead atoms. The number of ketones is 1. The van der Waals surface area contributed by atoms with Crippen LogP contribution in [-0.4, -0.2) is 38.6 Å². The SMILES string of the molecule is C=CCN(CCC)c1ncccn1.CC(=O)Cn1nc(-c2ccc(F)cc2)cc1-c1ccc(F)cc1. The zero-order valence-corrected chi connectivity index (χ0v) is 20.4. The molecule has 6 nitrogen and oxygen atoms in total. The van der Waals surface area contributed by atoms with Gasteiger partial charge in [0.1, 0.15) is 11.6 Å². The van der Waals surface area contributed by atoms with Gasteiger partial charge in [-0.15, -0.1) is 6.58 Å². The maximum atomic E-state index is 13.1. The summed E-state index contributed by atoms with van der Waals surface area (Å²) in [4.78, 5) is 21.9. The molecule has 4 rings (SSSR count). The van der Waals surface area contributed by atoms with E-state index in [-0.39, 0.29) is 24.0 Å². The summed E-state index contributed by atoms with van der Waals surface area (Å²) >= 11 is 0. The van der Waals surface area contributed by atoms with Crippen LogP contribution in [0.25, 0.3) is 22.5 Å². The van der Waals surface area contributed by atoms with Gasteiger partial charge in [0.05, 0.1) is 17.9 Å². The highest BCUT2D eigenvalue weighted by Crippen LogP contribution is 2.26. The third-order valence-electron chi connectivity index (χ3n) is 5.11. The summed E-state index contributed by atoms with van der Waals surface area (Å²) in [7, 11) is 0. The van der Waals surface area contributed by atoms with Crippen LogP contribution in [0.3, 0.4) is 0 Å². The second kappa shape index (κ2) is 13.0. The molecule has 8 heteroatoms. The summed E-state index contributed by atoms with van der Waals surface area (Å²) in [5.41, 5.74) is 2.84. The van der Waals surface area contributed by atoms with E-state index in [2.05, 4.69) is 33.5 Å². The van der Waals surface area contributed by atoms with E-state index in [0.29, 0.717) is 11.4 Å². The van der Waals surface area contributed by atoms with Crippen LogP contribution in [0.15, 0.2) is 85.7 Å². The van der Waals surface area contributed by atoms with Gasteiger partial charge in [0, 0.05) is 36.6 Å². The molecule has 0 aliphatic heterocycles. The minimum atomic E-state index is -0.329. The molecular formula is C28H29F2N5O. The molecule has 2 aromatic heterocycles. The summed E-state index contributed by atoms with van der Waals surface area (Å²) in [6.07, 6.45) is 6.47. The molecule has 0 N–H and O–H groups in total. The van der Waals surface area contributed by atoms with Crippen LogP contribution in [0.1, 0.15) is 20.3 Å². The monoisotopic (exact) mass is 489 g/mol. The van der Waals surface area contributed by atoms with Crippen LogP contribution in [0.4, 0.5) is 14.7 Å². The summed E-state index contributed by atoms with van der Waals surface area (Å²) in [6, 6.07) is 15.6. The van der Waals surface area contributed by atoms with E-state index in [1.807, 2.05) is 18.2 Å². The number of Topliss-reactive ketones (excluding diaryl/α,β-unsaturated/α-hetero) is 1. The lowest BCUT2D eigenvalue weighted by atomic mass is 10.1. The summed E-state index contributed by atoms with van der Waals surface area (Å²) in [5, 5.41) is 4.43. The first-order valence-corrected chi connectivity index (χ1v) is 11.6. The van der Waals surface area contributed by atoms with Crippen molar-refractivity contribution in [1.29, 1.82) is 0 Å². The average Bonchev–Trinajstić information content (AvgIpc) is 3.29. The molecule has 0 saturated carbocycles. The van der Waals surface area contributed by atoms with E-state index < -0.39 is 0 Å². The Balaban J connectivity index is 0.000000236. The van der Waals surface area contributed by atoms with Gasteiger partial charge in [-0.3, -0.25) is 9.48 Å². The Morgan fingerprint density at radius 2 is 1.58 bits per heavy atom. The summed E-state index contributed by atoms with van der Waals surface area (Å²) < 4.78 is 27.7. The summed E-state index contributed by atoms with van der Waals surface area (Å²) in [6.45, 7) is 9.22. The minimum absolute atomic E-state index is 0.0397. The first-order valence-electron chi connectivity index (χ1n) is 11.6. The van der Waals surface area contributed by atoms with Gasteiger partial charge in [-0.05, 0) is 74.0 Å². The predicted molar refractivity (Wildman–Crippen MR) is 138 cm³/mol. The maximum absolute atomic E-state index is 13.1. The van der Waals surface area contributed by atoms with Gasteiger partial charge in [0.15, 0.2) is 5.78 Å². The zero-order valence-electron chi connectivity index (χ0n) is 20.4. The van der Waals surface area contributed by atoms with Crippen LogP contribution in [-0.2, 0) is 11.3 Å². The number of aromatic nitrogens is 4. The molecule has 0 aliphatic rings. The van der Waals surface area contributed by atoms with Gasteiger partial charge < -0.3 is 4.90 Å². The molecule has 186 valence electrons. The van der Waals surface area contributed by atoms with Gasteiger partial charge in [-0.25, -0.2) is 18.7 Å². The van der Waals surface area contributed by atoms with Crippen LogP contribution in [0.5, 0.6) is 0 Å². The fourth-order valence-corrected chi connectivity index (χ4v) is 3.52. The highest BCUT2D eigenvalue weighted by Gasteiger charge is 2.13. The van der Waals surface area contributed by atoms with Gasteiger partial charge in [0.25, 0.3) is 0 Å². The zero-order chi connectivity index (χ0) is 25.9. The quantitative estimate of drug-likeness (QED) is 0.271. The third-order valence-corrected chi connectivity index (χ3v) is 5.11. The van der Waals surface area contributed by atoms with E-state index >= 15 is 0 Å². The van der Waals surface area contributed by atoms with E-state index in [1.54, 1.807) is 41.3 Å². The molecule has 0 amide bonds. The largest absolute Gasteiger partial charge is 0.337 e. The van der Waals surface area contributed by atoms with Crippen molar-refractivity contribution in [2.75, 3.05) is 18.0 Å². The number of hydrogen-bond acceptors (Lipinski definition) is 5. The molecule has 0 radical (unpaired) electrons. The number of rotatable bonds is 9. The fourth-order valence-electron chi connectivity index (χ4n) is 3.52. The predicted octanol–water partition coefficient (Wildman–Crippen LogP) is 5.96. The molecule has 2 aromatic carbocycles. The molecular weight excluding hydrogens is 460 g/mol. The first kappa shape index (κ1) is 26.4. The second-order valence-electron chi connectivity index (χ2n) is 8.07. The molecule has 0 aliphatic carbocycles. The van der Waals surface area contributed by atoms with Crippen LogP contribution >= 0.6 is 0 Å². The standard InChI is InChI=1S/C18H14F2N2O.C10H15N3/c1-12(23)11-22-18(14-4-8-16(20)9-5-14)10-17(21-22)13-2-6-15(19)7-3-13;1-3-8-13(9-4-2)10-11-6-5-7-12-10/h2-10H,11H2,1H3;3,5-7H,1,4,8-9H2,2H3. The van der Waals surface area contributed by atoms with Gasteiger partial charge in [-0.2, -0.15) is 5.10 Å². The number of anilines is 1. The number of carbonyl (C=O) groups is 1. The Labute approximate surface area is 210 Å². The Bertz CT molecular complexity index is 1260. The highest BCUT2D eigenvalue weighted by molar-refractivity contribution is 5.77. The van der Waals surface area contributed by atoms with E-state index in [9.17, 15) is 13.6 Å². The third kappa shape index (κ3) is 7.40. The van der Waals surface area contributed by atoms with Crippen molar-refractivity contribution >= 4 is 11.7 Å². The fraction of sp³-hybridized carbons (Fsp3) is 0.214. The summed E-state index contributed by atoms with van der Waals surface area (Å²) in [5.74, 6) is 0.0900. The smallest absolute Gasteiger partial charge is 0.225 e. The van der Waals surface area contributed by atoms with Crippen molar-refractivity contribution in [3.8, 4) is 22.5 Å². The first-order chi connectivity index (χ1) is 17.4. The minimum Gasteiger partial charge on any atom is -0.337 e. The lowest BCUT2D eigenvalue weighted by molar-refractivity contribution is -0.117. The van der Waals surface area contributed by atoms with Crippen molar-refractivity contribution < 1.29 is 13.6 Å². The Morgan fingerprint density at radius 3 is 2.11 bits per heavy atom. The van der Waals surface area contributed by atoms with Crippen molar-refractivity contribution in [2.24, 2.45) is 0 Å². The van der Waals surface area contributed by atoms with Crippen molar-refractivity contribution in [3.05, 3.63) is 97.3 Å². The average molecular weight is 490 g/mol. The topological polar surface area (TPSA) is 63.9 Å². The Kier molecular flexibility index (Phi) is 9.56. The van der Waals surface area contributed by atoms with E-state index in [4.69, 9.17) is 0 Å². The van der Waals surface area contributed by atoms with Crippen LogP contribution in [0.2, 0.25) is 0 Å². The molecule has 4 aromatic rings. The number of nitrogens with zero attached hydrogens (tertiary/aromatic N) is 5. The van der Waals surface area contributed by atoms with Crippen molar-refractivity contribution in [1.82, 2.24) is 19.7 Å².